The minimum Gasteiger partial charge on any atom is -0.352 e. The molecule has 0 radical (unpaired) electrons. The standard InChI is InChI=1S/C13H17F3N2O2/c1-3-5-9(2)17-11(19)8-18-7-4-6-10(12(18)20)13(14,15)16/h4,6-7,9H,3,5,8H2,1-2H3,(H,17,19)/t9-/m0/s1. The van der Waals surface area contributed by atoms with Gasteiger partial charge in [-0.1, -0.05) is 13.3 Å². The van der Waals surface area contributed by atoms with Gasteiger partial charge >= 0.3 is 6.18 Å². The van der Waals surface area contributed by atoms with E-state index < -0.39 is 29.8 Å². The maximum absolute atomic E-state index is 12.6. The van der Waals surface area contributed by atoms with E-state index in [1.807, 2.05) is 6.92 Å². The first-order valence-electron chi connectivity index (χ1n) is 6.31. The predicted octanol–water partition coefficient (Wildman–Crippen LogP) is 2.17. The zero-order chi connectivity index (χ0) is 15.3. The molecule has 0 saturated heterocycles. The van der Waals surface area contributed by atoms with Gasteiger partial charge in [0.15, 0.2) is 0 Å². The first-order valence-corrected chi connectivity index (χ1v) is 6.31. The Morgan fingerprint density at radius 2 is 2.10 bits per heavy atom. The van der Waals surface area contributed by atoms with Crippen LogP contribution in [0.15, 0.2) is 23.1 Å². The summed E-state index contributed by atoms with van der Waals surface area (Å²) >= 11 is 0. The van der Waals surface area contributed by atoms with Crippen molar-refractivity contribution < 1.29 is 18.0 Å². The van der Waals surface area contributed by atoms with Crippen molar-refractivity contribution in [1.82, 2.24) is 9.88 Å². The average Bonchev–Trinajstić information content (AvgIpc) is 2.30. The van der Waals surface area contributed by atoms with Crippen LogP contribution < -0.4 is 10.9 Å². The molecule has 1 aromatic rings. The number of carbonyl (C=O) groups excluding carboxylic acids is 1. The Morgan fingerprint density at radius 3 is 2.65 bits per heavy atom. The van der Waals surface area contributed by atoms with E-state index in [1.54, 1.807) is 6.92 Å². The van der Waals surface area contributed by atoms with Gasteiger partial charge in [-0.15, -0.1) is 0 Å². The number of hydrogen-bond acceptors (Lipinski definition) is 2. The van der Waals surface area contributed by atoms with Gasteiger partial charge in [-0.05, 0) is 25.5 Å². The van der Waals surface area contributed by atoms with Crippen molar-refractivity contribution in [1.29, 1.82) is 0 Å². The summed E-state index contributed by atoms with van der Waals surface area (Å²) in [7, 11) is 0. The molecule has 0 saturated carbocycles. The van der Waals surface area contributed by atoms with Crippen LogP contribution in [0.4, 0.5) is 13.2 Å². The normalized spacial score (nSPS) is 13.1. The molecule has 7 heteroatoms. The molecule has 1 N–H and O–H groups in total. The van der Waals surface area contributed by atoms with Gasteiger partial charge in [0, 0.05) is 12.2 Å². The monoisotopic (exact) mass is 290 g/mol. The van der Waals surface area contributed by atoms with Crippen LogP contribution in [0.5, 0.6) is 0 Å². The van der Waals surface area contributed by atoms with Crippen molar-refractivity contribution in [2.75, 3.05) is 0 Å². The first-order chi connectivity index (χ1) is 9.25. The molecule has 1 heterocycles. The highest BCUT2D eigenvalue weighted by molar-refractivity contribution is 5.76. The third-order valence-electron chi connectivity index (χ3n) is 2.77. The maximum Gasteiger partial charge on any atom is 0.421 e. The van der Waals surface area contributed by atoms with E-state index in [-0.39, 0.29) is 6.04 Å². The van der Waals surface area contributed by atoms with E-state index in [0.29, 0.717) is 6.07 Å². The van der Waals surface area contributed by atoms with Crippen LogP contribution in [0.1, 0.15) is 32.3 Å². The van der Waals surface area contributed by atoms with Gasteiger partial charge in [-0.2, -0.15) is 13.2 Å². The summed E-state index contributed by atoms with van der Waals surface area (Å²) in [6.07, 6.45) is -1.90. The highest BCUT2D eigenvalue weighted by Gasteiger charge is 2.34. The highest BCUT2D eigenvalue weighted by Crippen LogP contribution is 2.25. The zero-order valence-corrected chi connectivity index (χ0v) is 11.3. The molecule has 0 bridgehead atoms. The predicted molar refractivity (Wildman–Crippen MR) is 68.2 cm³/mol. The van der Waals surface area contributed by atoms with E-state index in [9.17, 15) is 22.8 Å². The zero-order valence-electron chi connectivity index (χ0n) is 11.3. The Labute approximate surface area is 114 Å². The molecule has 1 atom stereocenters. The van der Waals surface area contributed by atoms with Crippen LogP contribution in [0.2, 0.25) is 0 Å². The molecule has 1 rings (SSSR count). The van der Waals surface area contributed by atoms with Gasteiger partial charge < -0.3 is 9.88 Å². The third-order valence-corrected chi connectivity index (χ3v) is 2.77. The molecule has 0 fully saturated rings. The van der Waals surface area contributed by atoms with Crippen molar-refractivity contribution in [2.45, 2.75) is 45.5 Å². The lowest BCUT2D eigenvalue weighted by atomic mass is 10.2. The number of nitrogens with one attached hydrogen (secondary N) is 1. The van der Waals surface area contributed by atoms with E-state index >= 15 is 0 Å². The number of aromatic nitrogens is 1. The second-order valence-electron chi connectivity index (χ2n) is 4.61. The summed E-state index contributed by atoms with van der Waals surface area (Å²) < 4.78 is 38.4. The Bertz CT molecular complexity index is 523. The van der Waals surface area contributed by atoms with Crippen molar-refractivity contribution in [3.05, 3.63) is 34.2 Å². The van der Waals surface area contributed by atoms with E-state index in [0.717, 1.165) is 23.5 Å². The first kappa shape index (κ1) is 16.3. The molecule has 0 unspecified atom stereocenters. The summed E-state index contributed by atoms with van der Waals surface area (Å²) in [5.74, 6) is -0.479. The molecule has 20 heavy (non-hydrogen) atoms. The summed E-state index contributed by atoms with van der Waals surface area (Å²) in [4.78, 5) is 23.3. The number of rotatable bonds is 5. The van der Waals surface area contributed by atoms with Crippen molar-refractivity contribution in [3.63, 3.8) is 0 Å². The molecular formula is C13H17F3N2O2. The lowest BCUT2D eigenvalue weighted by Crippen LogP contribution is -2.38. The Kier molecular flexibility index (Phi) is 5.35. The lowest BCUT2D eigenvalue weighted by Gasteiger charge is -2.14. The number of hydrogen-bond donors (Lipinski definition) is 1. The Balaban J connectivity index is 2.84. The summed E-state index contributed by atoms with van der Waals surface area (Å²) in [5.41, 5.74) is -2.48. The minimum absolute atomic E-state index is 0.0750. The van der Waals surface area contributed by atoms with Crippen LogP contribution in [0.25, 0.3) is 0 Å². The van der Waals surface area contributed by atoms with Crippen molar-refractivity contribution in [2.24, 2.45) is 0 Å². The molecule has 4 nitrogen and oxygen atoms in total. The van der Waals surface area contributed by atoms with Crippen LogP contribution in [0, 0.1) is 0 Å². The Hall–Kier alpha value is -1.79. The van der Waals surface area contributed by atoms with Gasteiger partial charge in [0.25, 0.3) is 5.56 Å². The second kappa shape index (κ2) is 6.58. The van der Waals surface area contributed by atoms with E-state index in [4.69, 9.17) is 0 Å². The minimum atomic E-state index is -4.72. The molecule has 0 aliphatic heterocycles. The fourth-order valence-corrected chi connectivity index (χ4v) is 1.86. The van der Waals surface area contributed by atoms with Crippen LogP contribution in [-0.2, 0) is 17.5 Å². The molecule has 1 amide bonds. The SMILES string of the molecule is CCC[C@H](C)NC(=O)Cn1cccc(C(F)(F)F)c1=O. The van der Waals surface area contributed by atoms with Crippen molar-refractivity contribution in [3.8, 4) is 0 Å². The molecule has 0 aromatic carbocycles. The average molecular weight is 290 g/mol. The molecule has 1 aromatic heterocycles. The number of alkyl halides is 3. The third kappa shape index (κ3) is 4.40. The molecule has 0 aliphatic carbocycles. The lowest BCUT2D eigenvalue weighted by molar-refractivity contribution is -0.139. The molecule has 0 aliphatic rings. The maximum atomic E-state index is 12.6. The van der Waals surface area contributed by atoms with Gasteiger partial charge in [0.1, 0.15) is 12.1 Å². The number of pyridine rings is 1. The van der Waals surface area contributed by atoms with Gasteiger partial charge in [0.05, 0.1) is 0 Å². The molecule has 112 valence electrons. The fraction of sp³-hybridized carbons (Fsp3) is 0.538. The summed E-state index contributed by atoms with van der Waals surface area (Å²) in [5, 5.41) is 2.63. The summed E-state index contributed by atoms with van der Waals surface area (Å²) in [6, 6.07) is 1.73. The van der Waals surface area contributed by atoms with E-state index in [1.165, 1.54) is 6.20 Å². The second-order valence-corrected chi connectivity index (χ2v) is 4.61. The quantitative estimate of drug-likeness (QED) is 0.903. The molecular weight excluding hydrogens is 273 g/mol. The van der Waals surface area contributed by atoms with Gasteiger partial charge in [-0.25, -0.2) is 0 Å². The highest BCUT2D eigenvalue weighted by atomic mass is 19.4. The van der Waals surface area contributed by atoms with Gasteiger partial charge in [0.2, 0.25) is 5.91 Å². The van der Waals surface area contributed by atoms with Crippen LogP contribution in [-0.4, -0.2) is 16.5 Å². The largest absolute Gasteiger partial charge is 0.421 e. The molecule has 0 spiro atoms. The number of nitrogens with zero attached hydrogens (tertiary/aromatic N) is 1. The Morgan fingerprint density at radius 1 is 1.45 bits per heavy atom. The van der Waals surface area contributed by atoms with E-state index in [2.05, 4.69) is 5.32 Å². The number of amides is 1. The topological polar surface area (TPSA) is 51.1 Å². The number of halogens is 3. The van der Waals surface area contributed by atoms with Crippen LogP contribution in [0.3, 0.4) is 0 Å². The summed E-state index contributed by atoms with van der Waals surface area (Å²) in [6.45, 7) is 3.34. The number of carbonyl (C=O) groups is 1. The van der Waals surface area contributed by atoms with Crippen LogP contribution >= 0.6 is 0 Å². The van der Waals surface area contributed by atoms with Crippen molar-refractivity contribution >= 4 is 5.91 Å². The smallest absolute Gasteiger partial charge is 0.352 e. The fourth-order valence-electron chi connectivity index (χ4n) is 1.86. The van der Waals surface area contributed by atoms with Gasteiger partial charge in [-0.3, -0.25) is 9.59 Å².